The molecule has 0 aliphatic heterocycles. The van der Waals surface area contributed by atoms with Gasteiger partial charge in [0.25, 0.3) is 5.91 Å². The van der Waals surface area contributed by atoms with Gasteiger partial charge in [0.1, 0.15) is 12.4 Å². The predicted molar refractivity (Wildman–Crippen MR) is 146 cm³/mol. The van der Waals surface area contributed by atoms with E-state index in [9.17, 15) is 4.79 Å². The van der Waals surface area contributed by atoms with Crippen molar-refractivity contribution in [1.29, 1.82) is 0 Å². The highest BCUT2D eigenvalue weighted by Crippen LogP contribution is 2.19. The Kier molecular flexibility index (Phi) is 14.8. The van der Waals surface area contributed by atoms with Crippen molar-refractivity contribution in [2.75, 3.05) is 6.54 Å². The molecule has 2 aromatic heterocycles. The lowest BCUT2D eigenvalue weighted by Gasteiger charge is -2.05. The first-order valence-corrected chi connectivity index (χ1v) is 14.4. The summed E-state index contributed by atoms with van der Waals surface area (Å²) in [5.74, 6) is -0.115. The van der Waals surface area contributed by atoms with Crippen LogP contribution in [0, 0.1) is 13.8 Å². The van der Waals surface area contributed by atoms with Crippen molar-refractivity contribution in [3.63, 3.8) is 0 Å². The highest BCUT2D eigenvalue weighted by molar-refractivity contribution is 6.31. The number of rotatable bonds is 20. The van der Waals surface area contributed by atoms with Gasteiger partial charge in [-0.3, -0.25) is 9.48 Å². The zero-order valence-corrected chi connectivity index (χ0v) is 23.2. The molecule has 1 N–H and O–H groups in total. The van der Waals surface area contributed by atoms with Gasteiger partial charge in [-0.15, -0.1) is 0 Å². The van der Waals surface area contributed by atoms with Gasteiger partial charge in [0.05, 0.1) is 16.4 Å². The summed E-state index contributed by atoms with van der Waals surface area (Å²) in [6.07, 6.45) is 23.4. The Morgan fingerprint density at radius 2 is 1.34 bits per heavy atom. The van der Waals surface area contributed by atoms with E-state index in [-0.39, 0.29) is 5.91 Å². The van der Waals surface area contributed by atoms with E-state index < -0.39 is 0 Å². The van der Waals surface area contributed by atoms with Gasteiger partial charge < -0.3 is 5.32 Å². The number of halogens is 1. The molecule has 0 aliphatic rings. The fourth-order valence-corrected chi connectivity index (χ4v) is 4.61. The zero-order chi connectivity index (χ0) is 25.3. The van der Waals surface area contributed by atoms with Crippen LogP contribution < -0.4 is 5.32 Å². The van der Waals surface area contributed by atoms with Crippen molar-refractivity contribution >= 4 is 17.5 Å². The second-order valence-electron chi connectivity index (χ2n) is 9.93. The van der Waals surface area contributed by atoms with Crippen molar-refractivity contribution in [3.05, 3.63) is 34.4 Å². The summed E-state index contributed by atoms with van der Waals surface area (Å²) in [6, 6.07) is 1.75. The van der Waals surface area contributed by atoms with E-state index in [1.54, 1.807) is 21.6 Å². The maximum atomic E-state index is 12.4. The molecule has 2 rings (SSSR count). The van der Waals surface area contributed by atoms with E-state index in [1.165, 1.54) is 96.3 Å². The summed E-state index contributed by atoms with van der Waals surface area (Å²) >= 11 is 6.20. The number of carbonyl (C=O) groups is 1. The summed E-state index contributed by atoms with van der Waals surface area (Å²) in [5.41, 5.74) is 2.14. The molecule has 0 aliphatic carbocycles. The molecular formula is C28H48ClN5O. The quantitative estimate of drug-likeness (QED) is 0.186. The van der Waals surface area contributed by atoms with Crippen molar-refractivity contribution in [3.8, 4) is 0 Å². The number of hydrogen-bond donors (Lipinski definition) is 1. The number of aromatic nitrogens is 4. The Balaban J connectivity index is 1.42. The Hall–Kier alpha value is -1.82. The molecule has 2 heterocycles. The number of carbonyl (C=O) groups excluding carboxylic acids is 1. The lowest BCUT2D eigenvalue weighted by molar-refractivity contribution is 0.0947. The van der Waals surface area contributed by atoms with Crippen LogP contribution in [0.4, 0.5) is 0 Å². The van der Waals surface area contributed by atoms with Crippen molar-refractivity contribution in [2.45, 2.75) is 130 Å². The molecule has 0 radical (unpaired) electrons. The SMILES string of the molecule is CCCCCCCCCCCCCCCCCCNC(=O)c1ccn(Cn2nc(C)c(Cl)c2C)n1. The molecule has 1 amide bonds. The molecular weight excluding hydrogens is 458 g/mol. The maximum absolute atomic E-state index is 12.4. The Bertz CT molecular complexity index is 845. The topological polar surface area (TPSA) is 64.7 Å². The van der Waals surface area contributed by atoms with E-state index in [2.05, 4.69) is 22.4 Å². The average Bonchev–Trinajstić information content (AvgIpc) is 3.41. The third-order valence-corrected chi connectivity index (χ3v) is 7.31. The standard InChI is InChI=1S/C28H48ClN5O/c1-4-5-6-7-8-9-10-11-12-13-14-15-16-17-18-19-21-30-28(35)26-20-22-33(32-26)23-34-25(3)27(29)24(2)31-34/h20,22H,4-19,21,23H2,1-3H3,(H,30,35). The lowest BCUT2D eigenvalue weighted by atomic mass is 10.0. The number of nitrogens with zero attached hydrogens (tertiary/aromatic N) is 4. The molecule has 0 saturated heterocycles. The first-order valence-electron chi connectivity index (χ1n) is 14.0. The van der Waals surface area contributed by atoms with E-state index in [1.807, 2.05) is 13.8 Å². The first-order chi connectivity index (χ1) is 17.0. The van der Waals surface area contributed by atoms with Gasteiger partial charge >= 0.3 is 0 Å². The van der Waals surface area contributed by atoms with Crippen molar-refractivity contribution in [2.24, 2.45) is 0 Å². The third kappa shape index (κ3) is 11.6. The third-order valence-electron chi connectivity index (χ3n) is 6.76. The van der Waals surface area contributed by atoms with Crippen LogP contribution in [0.3, 0.4) is 0 Å². The molecule has 0 spiro atoms. The molecule has 0 aromatic carbocycles. The minimum Gasteiger partial charge on any atom is -0.351 e. The van der Waals surface area contributed by atoms with Gasteiger partial charge in [0.15, 0.2) is 0 Å². The summed E-state index contributed by atoms with van der Waals surface area (Å²) in [5, 5.41) is 12.5. The number of amides is 1. The first kappa shape index (κ1) is 29.4. The minimum atomic E-state index is -0.115. The minimum absolute atomic E-state index is 0.115. The number of nitrogens with one attached hydrogen (secondary N) is 1. The van der Waals surface area contributed by atoms with Crippen LogP contribution in [0.25, 0.3) is 0 Å². The molecule has 0 fully saturated rings. The van der Waals surface area contributed by atoms with E-state index in [0.29, 0.717) is 23.9 Å². The highest BCUT2D eigenvalue weighted by Gasteiger charge is 2.12. The summed E-state index contributed by atoms with van der Waals surface area (Å²) in [6.45, 7) is 7.23. The second-order valence-corrected chi connectivity index (χ2v) is 10.3. The van der Waals surface area contributed by atoms with Gasteiger partial charge in [-0.1, -0.05) is 115 Å². The molecule has 35 heavy (non-hydrogen) atoms. The van der Waals surface area contributed by atoms with Gasteiger partial charge in [-0.2, -0.15) is 10.2 Å². The van der Waals surface area contributed by atoms with Gasteiger partial charge in [-0.05, 0) is 26.3 Å². The van der Waals surface area contributed by atoms with Crippen LogP contribution >= 0.6 is 11.6 Å². The van der Waals surface area contributed by atoms with Crippen molar-refractivity contribution < 1.29 is 4.79 Å². The van der Waals surface area contributed by atoms with Gasteiger partial charge in [0, 0.05) is 12.7 Å². The summed E-state index contributed by atoms with van der Waals surface area (Å²) < 4.78 is 3.50. The zero-order valence-electron chi connectivity index (χ0n) is 22.5. The van der Waals surface area contributed by atoms with Crippen molar-refractivity contribution in [1.82, 2.24) is 24.9 Å². The maximum Gasteiger partial charge on any atom is 0.271 e. The molecule has 7 heteroatoms. The number of aryl methyl sites for hydroxylation is 1. The van der Waals surface area contributed by atoms with Crippen LogP contribution in [-0.4, -0.2) is 32.0 Å². The normalized spacial score (nSPS) is 11.3. The van der Waals surface area contributed by atoms with Crippen LogP contribution in [0.1, 0.15) is 132 Å². The van der Waals surface area contributed by atoms with E-state index in [0.717, 1.165) is 17.8 Å². The smallest absolute Gasteiger partial charge is 0.271 e. The molecule has 0 atom stereocenters. The van der Waals surface area contributed by atoms with Gasteiger partial charge in [0.2, 0.25) is 0 Å². The monoisotopic (exact) mass is 505 g/mol. The number of hydrogen-bond acceptors (Lipinski definition) is 3. The van der Waals surface area contributed by atoms with Crippen LogP contribution in [0.5, 0.6) is 0 Å². The molecule has 6 nitrogen and oxygen atoms in total. The molecule has 0 bridgehead atoms. The largest absolute Gasteiger partial charge is 0.351 e. The predicted octanol–water partition coefficient (Wildman–Crippen LogP) is 7.85. The fourth-order valence-electron chi connectivity index (χ4n) is 4.48. The molecule has 0 saturated carbocycles. The van der Waals surface area contributed by atoms with E-state index >= 15 is 0 Å². The van der Waals surface area contributed by atoms with E-state index in [4.69, 9.17) is 11.6 Å². The second kappa shape index (κ2) is 17.6. The number of unbranched alkanes of at least 4 members (excludes halogenated alkanes) is 15. The summed E-state index contributed by atoms with van der Waals surface area (Å²) in [7, 11) is 0. The Labute approximate surface area is 218 Å². The highest BCUT2D eigenvalue weighted by atomic mass is 35.5. The summed E-state index contributed by atoms with van der Waals surface area (Å²) in [4.78, 5) is 12.4. The van der Waals surface area contributed by atoms with Crippen LogP contribution in [0.2, 0.25) is 5.02 Å². The molecule has 198 valence electrons. The Morgan fingerprint density at radius 1 is 0.829 bits per heavy atom. The fraction of sp³-hybridized carbons (Fsp3) is 0.750. The Morgan fingerprint density at radius 3 is 1.83 bits per heavy atom. The van der Waals surface area contributed by atoms with Crippen LogP contribution in [0.15, 0.2) is 12.3 Å². The molecule has 0 unspecified atom stereocenters. The lowest BCUT2D eigenvalue weighted by Crippen LogP contribution is -2.25. The molecule has 2 aromatic rings. The average molecular weight is 506 g/mol. The van der Waals surface area contributed by atoms with Crippen LogP contribution in [-0.2, 0) is 6.67 Å². The van der Waals surface area contributed by atoms with Gasteiger partial charge in [-0.25, -0.2) is 4.68 Å².